The molecule has 0 fully saturated rings. The molecule has 0 radical (unpaired) electrons. The van der Waals surface area contributed by atoms with Gasteiger partial charge in [-0.25, -0.2) is 4.39 Å². The van der Waals surface area contributed by atoms with Crippen LogP contribution in [0, 0.1) is 12.7 Å². The number of nitrogens with two attached hydrogens (primary N) is 1. The van der Waals surface area contributed by atoms with Crippen molar-refractivity contribution in [1.82, 2.24) is 10.1 Å². The van der Waals surface area contributed by atoms with Gasteiger partial charge in [-0.15, -0.1) is 11.8 Å². The number of thioether (sulfide) groups is 1. The summed E-state index contributed by atoms with van der Waals surface area (Å²) >= 11 is 1.38. The molecule has 6 heteroatoms. The Kier molecular flexibility index (Phi) is 3.09. The van der Waals surface area contributed by atoms with Gasteiger partial charge in [-0.3, -0.25) is 0 Å². The van der Waals surface area contributed by atoms with E-state index in [4.69, 9.17) is 10.3 Å². The molecular weight excluding hydrogens is 229 g/mol. The molecule has 2 N–H and O–H groups in total. The highest BCUT2D eigenvalue weighted by Gasteiger charge is 2.06. The van der Waals surface area contributed by atoms with E-state index in [2.05, 4.69) is 10.1 Å². The predicted molar refractivity (Wildman–Crippen MR) is 59.4 cm³/mol. The minimum atomic E-state index is -0.305. The molecule has 2 rings (SSSR count). The molecule has 0 bridgehead atoms. The molecule has 16 heavy (non-hydrogen) atoms. The van der Waals surface area contributed by atoms with Gasteiger partial charge < -0.3 is 10.3 Å². The van der Waals surface area contributed by atoms with Crippen molar-refractivity contribution in [1.29, 1.82) is 0 Å². The maximum absolute atomic E-state index is 13.0. The molecule has 84 valence electrons. The van der Waals surface area contributed by atoms with Gasteiger partial charge in [0.25, 0.3) is 0 Å². The molecule has 0 unspecified atom stereocenters. The Morgan fingerprint density at radius 3 is 3.00 bits per heavy atom. The molecule has 4 nitrogen and oxygen atoms in total. The molecule has 0 aliphatic heterocycles. The van der Waals surface area contributed by atoms with Crippen molar-refractivity contribution in [2.75, 3.05) is 5.73 Å². The topological polar surface area (TPSA) is 64.9 Å². The first-order valence-electron chi connectivity index (χ1n) is 4.62. The summed E-state index contributed by atoms with van der Waals surface area (Å²) in [5.41, 5.74) is 6.25. The summed E-state index contributed by atoms with van der Waals surface area (Å²) in [6.07, 6.45) is 0. The summed E-state index contributed by atoms with van der Waals surface area (Å²) < 4.78 is 17.8. The van der Waals surface area contributed by atoms with Gasteiger partial charge in [-0.05, 0) is 18.2 Å². The van der Waals surface area contributed by atoms with Crippen molar-refractivity contribution in [3.8, 4) is 0 Å². The lowest BCUT2D eigenvalue weighted by atomic mass is 10.3. The van der Waals surface area contributed by atoms with E-state index in [1.54, 1.807) is 13.0 Å². The molecule has 0 spiro atoms. The van der Waals surface area contributed by atoms with E-state index in [-0.39, 0.29) is 5.82 Å². The Hall–Kier alpha value is -1.56. The third kappa shape index (κ3) is 2.52. The Morgan fingerprint density at radius 2 is 2.31 bits per heavy atom. The van der Waals surface area contributed by atoms with Crippen LogP contribution < -0.4 is 5.73 Å². The third-order valence-corrected chi connectivity index (χ3v) is 2.97. The number of anilines is 1. The van der Waals surface area contributed by atoms with Crippen LogP contribution in [-0.4, -0.2) is 10.1 Å². The highest BCUT2D eigenvalue weighted by atomic mass is 32.2. The smallest absolute Gasteiger partial charge is 0.223 e. The van der Waals surface area contributed by atoms with Crippen molar-refractivity contribution in [3.05, 3.63) is 35.7 Å². The Labute approximate surface area is 96.0 Å². The lowest BCUT2D eigenvalue weighted by molar-refractivity contribution is 0.389. The fourth-order valence-electron chi connectivity index (χ4n) is 1.18. The SMILES string of the molecule is Cc1nc(CSc2cc(F)ccc2N)no1. The van der Waals surface area contributed by atoms with E-state index in [1.807, 2.05) is 0 Å². The van der Waals surface area contributed by atoms with Gasteiger partial charge in [0.1, 0.15) is 5.82 Å². The van der Waals surface area contributed by atoms with Crippen LogP contribution in [0.1, 0.15) is 11.7 Å². The number of aryl methyl sites for hydroxylation is 1. The van der Waals surface area contributed by atoms with Gasteiger partial charge in [-0.2, -0.15) is 4.98 Å². The maximum Gasteiger partial charge on any atom is 0.223 e. The van der Waals surface area contributed by atoms with Crippen LogP contribution in [0.3, 0.4) is 0 Å². The summed E-state index contributed by atoms with van der Waals surface area (Å²) in [6.45, 7) is 1.72. The number of hydrogen-bond acceptors (Lipinski definition) is 5. The standard InChI is InChI=1S/C10H10FN3OS/c1-6-13-10(14-15-6)5-16-9-4-7(11)2-3-8(9)12/h2-4H,5,12H2,1H3. The number of nitrogens with zero attached hydrogens (tertiary/aromatic N) is 2. The zero-order valence-electron chi connectivity index (χ0n) is 8.61. The van der Waals surface area contributed by atoms with Gasteiger partial charge in [0.2, 0.25) is 5.89 Å². The quantitative estimate of drug-likeness (QED) is 0.658. The molecular formula is C10H10FN3OS. The molecule has 0 saturated heterocycles. The Balaban J connectivity index is 2.07. The normalized spacial score (nSPS) is 10.6. The number of halogens is 1. The lowest BCUT2D eigenvalue weighted by Gasteiger charge is -2.02. The summed E-state index contributed by atoms with van der Waals surface area (Å²) in [5.74, 6) is 1.29. The monoisotopic (exact) mass is 239 g/mol. The van der Waals surface area contributed by atoms with Gasteiger partial charge in [-0.1, -0.05) is 5.16 Å². The fourth-order valence-corrected chi connectivity index (χ4v) is 2.01. The molecule has 0 saturated carbocycles. The number of benzene rings is 1. The van der Waals surface area contributed by atoms with E-state index in [0.717, 1.165) is 0 Å². The second kappa shape index (κ2) is 4.52. The average molecular weight is 239 g/mol. The number of nitrogen functional groups attached to an aromatic ring is 1. The summed E-state index contributed by atoms with van der Waals surface area (Å²) in [7, 11) is 0. The predicted octanol–water partition coefficient (Wildman–Crippen LogP) is 2.39. The molecule has 0 aliphatic carbocycles. The van der Waals surface area contributed by atoms with Crippen molar-refractivity contribution < 1.29 is 8.91 Å². The Bertz CT molecular complexity index is 501. The van der Waals surface area contributed by atoms with Crippen LogP contribution in [0.25, 0.3) is 0 Å². The number of rotatable bonds is 3. The van der Waals surface area contributed by atoms with Crippen LogP contribution in [0.4, 0.5) is 10.1 Å². The second-order valence-electron chi connectivity index (χ2n) is 3.20. The molecule has 0 aliphatic rings. The molecule has 1 aromatic carbocycles. The minimum Gasteiger partial charge on any atom is -0.398 e. The van der Waals surface area contributed by atoms with Gasteiger partial charge in [0, 0.05) is 17.5 Å². The van der Waals surface area contributed by atoms with Crippen molar-refractivity contribution >= 4 is 17.4 Å². The van der Waals surface area contributed by atoms with Crippen molar-refractivity contribution in [3.63, 3.8) is 0 Å². The summed E-state index contributed by atoms with van der Waals surface area (Å²) in [4.78, 5) is 4.73. The number of aromatic nitrogens is 2. The first-order chi connectivity index (χ1) is 7.65. The molecule has 1 heterocycles. The second-order valence-corrected chi connectivity index (χ2v) is 4.22. The Morgan fingerprint density at radius 1 is 1.50 bits per heavy atom. The highest BCUT2D eigenvalue weighted by Crippen LogP contribution is 2.27. The molecule has 0 amide bonds. The maximum atomic E-state index is 13.0. The fraction of sp³-hybridized carbons (Fsp3) is 0.200. The summed E-state index contributed by atoms with van der Waals surface area (Å²) in [6, 6.07) is 4.27. The van der Waals surface area contributed by atoms with Crippen LogP contribution in [0.2, 0.25) is 0 Å². The van der Waals surface area contributed by atoms with E-state index in [0.29, 0.717) is 28.1 Å². The van der Waals surface area contributed by atoms with Gasteiger partial charge >= 0.3 is 0 Å². The van der Waals surface area contributed by atoms with E-state index in [1.165, 1.54) is 23.9 Å². The highest BCUT2D eigenvalue weighted by molar-refractivity contribution is 7.98. The van der Waals surface area contributed by atoms with Crippen molar-refractivity contribution in [2.45, 2.75) is 17.6 Å². The van der Waals surface area contributed by atoms with Gasteiger partial charge in [0.15, 0.2) is 5.82 Å². The van der Waals surface area contributed by atoms with Crippen LogP contribution in [0.5, 0.6) is 0 Å². The van der Waals surface area contributed by atoms with Crippen LogP contribution in [-0.2, 0) is 5.75 Å². The number of hydrogen-bond donors (Lipinski definition) is 1. The third-order valence-electron chi connectivity index (χ3n) is 1.90. The largest absolute Gasteiger partial charge is 0.398 e. The zero-order chi connectivity index (χ0) is 11.5. The molecule has 1 aromatic heterocycles. The average Bonchev–Trinajstić information content (AvgIpc) is 2.66. The first-order valence-corrected chi connectivity index (χ1v) is 5.61. The van der Waals surface area contributed by atoms with Crippen molar-refractivity contribution in [2.24, 2.45) is 0 Å². The van der Waals surface area contributed by atoms with E-state index < -0.39 is 0 Å². The summed E-state index contributed by atoms with van der Waals surface area (Å²) in [5, 5.41) is 3.74. The van der Waals surface area contributed by atoms with E-state index in [9.17, 15) is 4.39 Å². The van der Waals surface area contributed by atoms with Crippen LogP contribution >= 0.6 is 11.8 Å². The first kappa shape index (κ1) is 10.9. The molecule has 0 atom stereocenters. The zero-order valence-corrected chi connectivity index (χ0v) is 9.42. The molecule has 2 aromatic rings. The van der Waals surface area contributed by atoms with Crippen LogP contribution in [0.15, 0.2) is 27.6 Å². The minimum absolute atomic E-state index is 0.305. The lowest BCUT2D eigenvalue weighted by Crippen LogP contribution is -1.91. The van der Waals surface area contributed by atoms with Gasteiger partial charge in [0.05, 0.1) is 5.75 Å². The van der Waals surface area contributed by atoms with E-state index >= 15 is 0 Å².